The minimum Gasteiger partial charge on any atom is -0.481 e. The first-order valence-electron chi connectivity index (χ1n) is 6.10. The van der Waals surface area contributed by atoms with Crippen LogP contribution in [0.2, 0.25) is 0 Å². The molecule has 100 valence electrons. The molecule has 19 heavy (non-hydrogen) atoms. The van der Waals surface area contributed by atoms with E-state index in [1.807, 2.05) is 6.92 Å². The molecule has 0 amide bonds. The van der Waals surface area contributed by atoms with Crippen molar-refractivity contribution in [3.05, 3.63) is 18.3 Å². The van der Waals surface area contributed by atoms with Gasteiger partial charge in [-0.1, -0.05) is 5.16 Å². The highest BCUT2D eigenvalue weighted by atomic mass is 16.5. The van der Waals surface area contributed by atoms with Gasteiger partial charge in [-0.2, -0.15) is 4.98 Å². The zero-order chi connectivity index (χ0) is 13.5. The average molecular weight is 261 g/mol. The number of nitrogens with two attached hydrogens (primary N) is 1. The van der Waals surface area contributed by atoms with Gasteiger partial charge in [0.15, 0.2) is 0 Å². The molecule has 0 saturated heterocycles. The molecule has 2 aromatic heterocycles. The SMILES string of the molecule is COc1cc(-c2noc(C(C)(N)C3CC3)n2)ncn1. The molecular formula is C12H15N5O2. The van der Waals surface area contributed by atoms with Crippen LogP contribution in [-0.2, 0) is 5.54 Å². The fourth-order valence-electron chi connectivity index (χ4n) is 1.98. The molecule has 0 radical (unpaired) electrons. The van der Waals surface area contributed by atoms with Crippen LogP contribution in [-0.4, -0.2) is 27.2 Å². The lowest BCUT2D eigenvalue weighted by atomic mass is 9.97. The van der Waals surface area contributed by atoms with Gasteiger partial charge in [-0.3, -0.25) is 0 Å². The second kappa shape index (κ2) is 4.27. The first-order chi connectivity index (χ1) is 9.11. The van der Waals surface area contributed by atoms with Gasteiger partial charge in [-0.25, -0.2) is 9.97 Å². The maximum absolute atomic E-state index is 6.24. The fourth-order valence-corrected chi connectivity index (χ4v) is 1.98. The van der Waals surface area contributed by atoms with Gasteiger partial charge in [0.1, 0.15) is 12.0 Å². The highest BCUT2D eigenvalue weighted by molar-refractivity contribution is 5.49. The maximum atomic E-state index is 6.24. The van der Waals surface area contributed by atoms with Crippen molar-refractivity contribution in [2.24, 2.45) is 11.7 Å². The molecule has 2 heterocycles. The third kappa shape index (κ3) is 2.17. The third-order valence-corrected chi connectivity index (χ3v) is 3.39. The molecule has 7 nitrogen and oxygen atoms in total. The molecule has 3 rings (SSSR count). The van der Waals surface area contributed by atoms with E-state index in [1.54, 1.807) is 6.07 Å². The summed E-state index contributed by atoms with van der Waals surface area (Å²) in [6, 6.07) is 1.65. The number of aromatic nitrogens is 4. The summed E-state index contributed by atoms with van der Waals surface area (Å²) in [5.74, 6) is 1.71. The summed E-state index contributed by atoms with van der Waals surface area (Å²) in [6.07, 6.45) is 3.60. The minimum absolute atomic E-state index is 0.396. The van der Waals surface area contributed by atoms with Gasteiger partial charge in [-0.15, -0.1) is 0 Å². The molecular weight excluding hydrogens is 246 g/mol. The minimum atomic E-state index is -0.567. The zero-order valence-corrected chi connectivity index (χ0v) is 10.8. The van der Waals surface area contributed by atoms with Crippen LogP contribution >= 0.6 is 0 Å². The van der Waals surface area contributed by atoms with E-state index in [4.69, 9.17) is 15.0 Å². The summed E-state index contributed by atoms with van der Waals surface area (Å²) in [6.45, 7) is 1.92. The van der Waals surface area contributed by atoms with E-state index in [0.717, 1.165) is 12.8 Å². The summed E-state index contributed by atoms with van der Waals surface area (Å²) >= 11 is 0. The molecule has 0 spiro atoms. The van der Waals surface area contributed by atoms with Crippen LogP contribution in [0.3, 0.4) is 0 Å². The summed E-state index contributed by atoms with van der Waals surface area (Å²) < 4.78 is 10.3. The smallest absolute Gasteiger partial charge is 0.247 e. The van der Waals surface area contributed by atoms with E-state index in [1.165, 1.54) is 13.4 Å². The van der Waals surface area contributed by atoms with Gasteiger partial charge < -0.3 is 15.0 Å². The van der Waals surface area contributed by atoms with Crippen LogP contribution in [0.5, 0.6) is 5.88 Å². The molecule has 7 heteroatoms. The number of rotatable bonds is 4. The van der Waals surface area contributed by atoms with Crippen molar-refractivity contribution in [1.82, 2.24) is 20.1 Å². The predicted molar refractivity (Wildman–Crippen MR) is 66.1 cm³/mol. The Hall–Kier alpha value is -2.02. The second-order valence-corrected chi connectivity index (χ2v) is 4.93. The normalized spacial score (nSPS) is 18.1. The van der Waals surface area contributed by atoms with E-state index in [2.05, 4.69) is 20.1 Å². The number of methoxy groups -OCH3 is 1. The van der Waals surface area contributed by atoms with Crippen LogP contribution in [0.4, 0.5) is 0 Å². The topological polar surface area (TPSA) is 100.0 Å². The molecule has 2 aromatic rings. The van der Waals surface area contributed by atoms with Gasteiger partial charge in [0, 0.05) is 6.07 Å². The summed E-state index contributed by atoms with van der Waals surface area (Å²) in [4.78, 5) is 12.4. The van der Waals surface area contributed by atoms with Crippen LogP contribution in [0.15, 0.2) is 16.9 Å². The molecule has 1 unspecified atom stereocenters. The Balaban J connectivity index is 1.92. The van der Waals surface area contributed by atoms with Crippen molar-refractivity contribution in [2.45, 2.75) is 25.3 Å². The molecule has 0 aromatic carbocycles. The highest BCUT2D eigenvalue weighted by Gasteiger charge is 2.43. The summed E-state index contributed by atoms with van der Waals surface area (Å²) in [5.41, 5.74) is 6.22. The number of hydrogen-bond acceptors (Lipinski definition) is 7. The predicted octanol–water partition coefficient (Wildman–Crippen LogP) is 1.12. The molecule has 1 aliphatic carbocycles. The Morgan fingerprint density at radius 2 is 2.21 bits per heavy atom. The Morgan fingerprint density at radius 3 is 2.89 bits per heavy atom. The third-order valence-electron chi connectivity index (χ3n) is 3.39. The van der Waals surface area contributed by atoms with Gasteiger partial charge in [0.05, 0.1) is 12.6 Å². The van der Waals surface area contributed by atoms with Crippen molar-refractivity contribution < 1.29 is 9.26 Å². The van der Waals surface area contributed by atoms with Crippen molar-refractivity contribution >= 4 is 0 Å². The molecule has 0 bridgehead atoms. The van der Waals surface area contributed by atoms with E-state index in [0.29, 0.717) is 29.2 Å². The number of ether oxygens (including phenoxy) is 1. The second-order valence-electron chi connectivity index (χ2n) is 4.93. The maximum Gasteiger partial charge on any atom is 0.247 e. The van der Waals surface area contributed by atoms with Crippen LogP contribution < -0.4 is 10.5 Å². The monoisotopic (exact) mass is 261 g/mol. The Bertz CT molecular complexity index is 591. The fraction of sp³-hybridized carbons (Fsp3) is 0.500. The number of nitrogens with zero attached hydrogens (tertiary/aromatic N) is 4. The zero-order valence-electron chi connectivity index (χ0n) is 10.8. The Kier molecular flexibility index (Phi) is 2.70. The molecule has 1 saturated carbocycles. The van der Waals surface area contributed by atoms with E-state index < -0.39 is 5.54 Å². The lowest BCUT2D eigenvalue weighted by Gasteiger charge is -2.18. The van der Waals surface area contributed by atoms with Crippen molar-refractivity contribution in [3.8, 4) is 17.4 Å². The van der Waals surface area contributed by atoms with Crippen LogP contribution in [0.25, 0.3) is 11.5 Å². The molecule has 0 aliphatic heterocycles. The molecule has 1 aliphatic rings. The summed E-state index contributed by atoms with van der Waals surface area (Å²) in [7, 11) is 1.54. The van der Waals surface area contributed by atoms with Crippen molar-refractivity contribution in [2.75, 3.05) is 7.11 Å². The Morgan fingerprint density at radius 1 is 1.42 bits per heavy atom. The lowest BCUT2D eigenvalue weighted by Crippen LogP contribution is -2.35. The standard InChI is InChI=1S/C12H15N5O2/c1-12(13,7-3-4-7)11-16-10(17-19-11)8-5-9(18-2)15-6-14-8/h5-7H,3-4,13H2,1-2H3. The van der Waals surface area contributed by atoms with Gasteiger partial charge >= 0.3 is 0 Å². The lowest BCUT2D eigenvalue weighted by molar-refractivity contribution is 0.273. The largest absolute Gasteiger partial charge is 0.481 e. The molecule has 1 fully saturated rings. The summed E-state index contributed by atoms with van der Waals surface area (Å²) in [5, 5.41) is 3.93. The van der Waals surface area contributed by atoms with Crippen molar-refractivity contribution in [3.63, 3.8) is 0 Å². The van der Waals surface area contributed by atoms with Crippen LogP contribution in [0, 0.1) is 5.92 Å². The highest BCUT2D eigenvalue weighted by Crippen LogP contribution is 2.43. The molecule has 1 atom stereocenters. The van der Waals surface area contributed by atoms with Gasteiger partial charge in [-0.05, 0) is 25.7 Å². The van der Waals surface area contributed by atoms with E-state index in [9.17, 15) is 0 Å². The molecule has 2 N–H and O–H groups in total. The first kappa shape index (κ1) is 12.0. The van der Waals surface area contributed by atoms with Gasteiger partial charge in [0.25, 0.3) is 0 Å². The van der Waals surface area contributed by atoms with E-state index >= 15 is 0 Å². The van der Waals surface area contributed by atoms with Gasteiger partial charge in [0.2, 0.25) is 17.6 Å². The van der Waals surface area contributed by atoms with Crippen LogP contribution in [0.1, 0.15) is 25.7 Å². The number of hydrogen-bond donors (Lipinski definition) is 1. The first-order valence-corrected chi connectivity index (χ1v) is 6.10. The Labute approximate surface area is 110 Å². The van der Waals surface area contributed by atoms with E-state index in [-0.39, 0.29) is 0 Å². The van der Waals surface area contributed by atoms with Crippen molar-refractivity contribution in [1.29, 1.82) is 0 Å². The quantitative estimate of drug-likeness (QED) is 0.880. The average Bonchev–Trinajstić information content (AvgIpc) is 3.17.